The van der Waals surface area contributed by atoms with E-state index >= 15 is 0 Å². The first-order valence-corrected chi connectivity index (χ1v) is 9.32. The number of piperazine rings is 1. The summed E-state index contributed by atoms with van der Waals surface area (Å²) in [6, 6.07) is 23.2. The minimum absolute atomic E-state index is 0.0287. The van der Waals surface area contributed by atoms with Crippen molar-refractivity contribution in [1.82, 2.24) is 4.90 Å². The lowest BCUT2D eigenvalue weighted by molar-refractivity contribution is 0.0747. The van der Waals surface area contributed by atoms with Crippen molar-refractivity contribution in [3.63, 3.8) is 0 Å². The summed E-state index contributed by atoms with van der Waals surface area (Å²) in [4.78, 5) is 17.0. The topological polar surface area (TPSA) is 32.8 Å². The van der Waals surface area contributed by atoms with E-state index in [4.69, 9.17) is 4.74 Å². The molecule has 0 spiro atoms. The Kier molecular flexibility index (Phi) is 5.24. The van der Waals surface area contributed by atoms with E-state index < -0.39 is 0 Å². The van der Waals surface area contributed by atoms with E-state index in [1.165, 1.54) is 17.8 Å². The average Bonchev–Trinajstić information content (AvgIpc) is 2.76. The molecule has 5 heteroatoms. The summed E-state index contributed by atoms with van der Waals surface area (Å²) in [6.45, 7) is 3.03. The van der Waals surface area contributed by atoms with Gasteiger partial charge in [0.1, 0.15) is 17.3 Å². The standard InChI is InChI=1S/C23H21FN2O2/c24-19-8-12-22(13-9-19)28-21-10-6-18(7-11-21)23(27)26-16-14-25(15-17-26)20-4-2-1-3-5-20/h1-13H,14-17H2. The summed E-state index contributed by atoms with van der Waals surface area (Å²) in [5.74, 6) is 0.885. The van der Waals surface area contributed by atoms with Gasteiger partial charge in [0.05, 0.1) is 0 Å². The van der Waals surface area contributed by atoms with Crippen LogP contribution in [0.15, 0.2) is 78.9 Å². The first-order valence-electron chi connectivity index (χ1n) is 9.32. The van der Waals surface area contributed by atoms with Crippen molar-refractivity contribution in [1.29, 1.82) is 0 Å². The van der Waals surface area contributed by atoms with Crippen LogP contribution in [0.1, 0.15) is 10.4 Å². The summed E-state index contributed by atoms with van der Waals surface area (Å²) in [5.41, 5.74) is 1.83. The second-order valence-corrected chi connectivity index (χ2v) is 6.70. The summed E-state index contributed by atoms with van der Waals surface area (Å²) >= 11 is 0. The Morgan fingerprint density at radius 2 is 1.32 bits per heavy atom. The van der Waals surface area contributed by atoms with E-state index in [2.05, 4.69) is 17.0 Å². The largest absolute Gasteiger partial charge is 0.457 e. The first kappa shape index (κ1) is 18.0. The molecule has 0 unspecified atom stereocenters. The number of hydrogen-bond acceptors (Lipinski definition) is 3. The second-order valence-electron chi connectivity index (χ2n) is 6.70. The van der Waals surface area contributed by atoms with Crippen LogP contribution in [0.4, 0.5) is 10.1 Å². The van der Waals surface area contributed by atoms with E-state index in [9.17, 15) is 9.18 Å². The fourth-order valence-corrected chi connectivity index (χ4v) is 3.29. The van der Waals surface area contributed by atoms with E-state index in [0.717, 1.165) is 13.1 Å². The number of carbonyl (C=O) groups is 1. The van der Waals surface area contributed by atoms with Gasteiger partial charge in [-0.05, 0) is 60.7 Å². The van der Waals surface area contributed by atoms with Crippen LogP contribution in [0.25, 0.3) is 0 Å². The SMILES string of the molecule is O=C(c1ccc(Oc2ccc(F)cc2)cc1)N1CCN(c2ccccc2)CC1. The summed E-state index contributed by atoms with van der Waals surface area (Å²) in [5, 5.41) is 0. The van der Waals surface area contributed by atoms with Gasteiger partial charge >= 0.3 is 0 Å². The normalized spacial score (nSPS) is 14.0. The van der Waals surface area contributed by atoms with Crippen LogP contribution in [0, 0.1) is 5.82 Å². The molecule has 4 rings (SSSR count). The third-order valence-corrected chi connectivity index (χ3v) is 4.84. The second kappa shape index (κ2) is 8.13. The molecule has 0 bridgehead atoms. The quantitative estimate of drug-likeness (QED) is 0.668. The number of amides is 1. The Balaban J connectivity index is 1.35. The zero-order valence-corrected chi connectivity index (χ0v) is 15.4. The number of anilines is 1. The molecule has 0 aliphatic carbocycles. The molecule has 1 aliphatic rings. The van der Waals surface area contributed by atoms with E-state index in [1.807, 2.05) is 23.1 Å². The Morgan fingerprint density at radius 3 is 1.93 bits per heavy atom. The van der Waals surface area contributed by atoms with Gasteiger partial charge in [-0.1, -0.05) is 18.2 Å². The zero-order valence-electron chi connectivity index (χ0n) is 15.4. The molecule has 1 aliphatic heterocycles. The van der Waals surface area contributed by atoms with Crippen LogP contribution < -0.4 is 9.64 Å². The van der Waals surface area contributed by atoms with Gasteiger partial charge in [0.15, 0.2) is 0 Å². The lowest BCUT2D eigenvalue weighted by Gasteiger charge is -2.36. The van der Waals surface area contributed by atoms with Crippen molar-refractivity contribution in [2.24, 2.45) is 0 Å². The number of rotatable bonds is 4. The Morgan fingerprint density at radius 1 is 0.750 bits per heavy atom. The van der Waals surface area contributed by atoms with Crippen LogP contribution in [0.5, 0.6) is 11.5 Å². The maximum Gasteiger partial charge on any atom is 0.253 e. The first-order chi connectivity index (χ1) is 13.7. The maximum atomic E-state index is 13.0. The number of carbonyl (C=O) groups excluding carboxylic acids is 1. The van der Waals surface area contributed by atoms with Crippen molar-refractivity contribution in [2.45, 2.75) is 0 Å². The van der Waals surface area contributed by atoms with E-state index in [1.54, 1.807) is 36.4 Å². The van der Waals surface area contributed by atoms with Gasteiger partial charge < -0.3 is 14.5 Å². The van der Waals surface area contributed by atoms with Gasteiger partial charge in [-0.2, -0.15) is 0 Å². The molecule has 4 nitrogen and oxygen atoms in total. The average molecular weight is 376 g/mol. The zero-order chi connectivity index (χ0) is 19.3. The van der Waals surface area contributed by atoms with Crippen LogP contribution in [-0.4, -0.2) is 37.0 Å². The van der Waals surface area contributed by atoms with Crippen molar-refractivity contribution in [2.75, 3.05) is 31.1 Å². The molecule has 0 saturated carbocycles. The molecule has 1 saturated heterocycles. The lowest BCUT2D eigenvalue weighted by atomic mass is 10.1. The highest BCUT2D eigenvalue weighted by Gasteiger charge is 2.22. The van der Waals surface area contributed by atoms with Gasteiger partial charge in [0, 0.05) is 37.4 Å². The molecule has 0 radical (unpaired) electrons. The van der Waals surface area contributed by atoms with Crippen LogP contribution in [0.2, 0.25) is 0 Å². The Hall–Kier alpha value is -3.34. The molecule has 142 valence electrons. The molecule has 1 heterocycles. The number of hydrogen-bond donors (Lipinski definition) is 0. The molecule has 0 N–H and O–H groups in total. The molecule has 1 amide bonds. The van der Waals surface area contributed by atoms with Crippen molar-refractivity contribution < 1.29 is 13.9 Å². The van der Waals surface area contributed by atoms with Gasteiger partial charge in [0.2, 0.25) is 0 Å². The van der Waals surface area contributed by atoms with Crippen molar-refractivity contribution >= 4 is 11.6 Å². The molecule has 3 aromatic rings. The smallest absolute Gasteiger partial charge is 0.253 e. The minimum Gasteiger partial charge on any atom is -0.457 e. The maximum absolute atomic E-state index is 13.0. The summed E-state index contributed by atoms with van der Waals surface area (Å²) in [7, 11) is 0. The molecular weight excluding hydrogens is 355 g/mol. The molecule has 0 aromatic heterocycles. The summed E-state index contributed by atoms with van der Waals surface area (Å²) in [6.07, 6.45) is 0. The van der Waals surface area contributed by atoms with Crippen molar-refractivity contribution in [3.8, 4) is 11.5 Å². The highest BCUT2D eigenvalue weighted by atomic mass is 19.1. The highest BCUT2D eigenvalue weighted by Crippen LogP contribution is 2.23. The minimum atomic E-state index is -0.305. The van der Waals surface area contributed by atoms with Gasteiger partial charge in [-0.25, -0.2) is 4.39 Å². The van der Waals surface area contributed by atoms with Crippen LogP contribution in [0.3, 0.4) is 0 Å². The highest BCUT2D eigenvalue weighted by molar-refractivity contribution is 5.94. The number of benzene rings is 3. The van der Waals surface area contributed by atoms with Gasteiger partial charge in [-0.3, -0.25) is 4.79 Å². The lowest BCUT2D eigenvalue weighted by Crippen LogP contribution is -2.48. The number of ether oxygens (including phenoxy) is 1. The third kappa shape index (κ3) is 4.14. The number of para-hydroxylation sites is 1. The van der Waals surface area contributed by atoms with Crippen LogP contribution >= 0.6 is 0 Å². The van der Waals surface area contributed by atoms with Gasteiger partial charge in [0.25, 0.3) is 5.91 Å². The van der Waals surface area contributed by atoms with Crippen LogP contribution in [-0.2, 0) is 0 Å². The monoisotopic (exact) mass is 376 g/mol. The molecule has 3 aromatic carbocycles. The fraction of sp³-hybridized carbons (Fsp3) is 0.174. The molecule has 0 atom stereocenters. The number of nitrogens with zero attached hydrogens (tertiary/aromatic N) is 2. The fourth-order valence-electron chi connectivity index (χ4n) is 3.29. The predicted molar refractivity (Wildman–Crippen MR) is 107 cm³/mol. The number of halogens is 1. The Labute approximate surface area is 163 Å². The predicted octanol–water partition coefficient (Wildman–Crippen LogP) is 4.58. The van der Waals surface area contributed by atoms with Gasteiger partial charge in [-0.15, -0.1) is 0 Å². The molecular formula is C23H21FN2O2. The molecule has 28 heavy (non-hydrogen) atoms. The third-order valence-electron chi connectivity index (χ3n) is 4.84. The Bertz CT molecular complexity index is 919. The van der Waals surface area contributed by atoms with Crippen molar-refractivity contribution in [3.05, 3.63) is 90.2 Å². The van der Waals surface area contributed by atoms with E-state index in [-0.39, 0.29) is 11.7 Å². The molecule has 1 fully saturated rings. The van der Waals surface area contributed by atoms with E-state index in [0.29, 0.717) is 30.2 Å². The summed E-state index contributed by atoms with van der Waals surface area (Å²) < 4.78 is 18.6.